The molecule has 1 aromatic rings. The summed E-state index contributed by atoms with van der Waals surface area (Å²) >= 11 is 0. The first-order valence-electron chi connectivity index (χ1n) is 6.72. The quantitative estimate of drug-likeness (QED) is 0.868. The number of rotatable bonds is 4. The fourth-order valence-corrected chi connectivity index (χ4v) is 3.39. The van der Waals surface area contributed by atoms with Gasteiger partial charge in [-0.25, -0.2) is 0 Å². The van der Waals surface area contributed by atoms with Gasteiger partial charge in [-0.1, -0.05) is 32.9 Å². The van der Waals surface area contributed by atoms with E-state index in [4.69, 9.17) is 15.0 Å². The molecule has 0 spiro atoms. The van der Waals surface area contributed by atoms with Gasteiger partial charge >= 0.3 is 0 Å². The molecule has 1 saturated carbocycles. The smallest absolute Gasteiger partial charge is 0.273 e. The first-order valence-corrected chi connectivity index (χ1v) is 6.72. The molecule has 1 amide bonds. The zero-order valence-corrected chi connectivity index (χ0v) is 12.7. The van der Waals surface area contributed by atoms with Crippen molar-refractivity contribution in [3.05, 3.63) is 17.5 Å². The lowest BCUT2D eigenvalue weighted by molar-refractivity contribution is -0.0664. The second-order valence-corrected chi connectivity index (χ2v) is 6.64. The van der Waals surface area contributed by atoms with Gasteiger partial charge in [-0.15, -0.1) is 0 Å². The van der Waals surface area contributed by atoms with Gasteiger partial charge < -0.3 is 20.3 Å². The second-order valence-electron chi connectivity index (χ2n) is 6.64. The van der Waals surface area contributed by atoms with Crippen LogP contribution in [0, 0.1) is 10.8 Å². The molecule has 112 valence electrons. The number of hydrogen-bond acceptors (Lipinski definition) is 5. The highest BCUT2D eigenvalue weighted by Crippen LogP contribution is 2.52. The van der Waals surface area contributed by atoms with Gasteiger partial charge in [-0.2, -0.15) is 0 Å². The van der Waals surface area contributed by atoms with E-state index in [1.807, 2.05) is 0 Å². The molecule has 1 aliphatic carbocycles. The van der Waals surface area contributed by atoms with E-state index in [-0.39, 0.29) is 34.5 Å². The molecule has 6 heteroatoms. The minimum absolute atomic E-state index is 0.0000696. The molecule has 0 atom stereocenters. The number of aromatic nitrogens is 1. The molecule has 0 radical (unpaired) electrons. The van der Waals surface area contributed by atoms with Crippen molar-refractivity contribution < 1.29 is 14.1 Å². The van der Waals surface area contributed by atoms with Crippen molar-refractivity contribution in [1.82, 2.24) is 10.5 Å². The van der Waals surface area contributed by atoms with Gasteiger partial charge in [0.15, 0.2) is 11.5 Å². The Kier molecular flexibility index (Phi) is 3.64. The first-order chi connectivity index (χ1) is 9.21. The Morgan fingerprint density at radius 1 is 1.45 bits per heavy atom. The Labute approximate surface area is 119 Å². The van der Waals surface area contributed by atoms with Crippen molar-refractivity contribution in [3.8, 4) is 0 Å². The molecular weight excluding hydrogens is 258 g/mol. The van der Waals surface area contributed by atoms with Crippen molar-refractivity contribution in [2.75, 3.05) is 7.11 Å². The number of nitrogens with two attached hydrogens (primary N) is 1. The molecule has 1 aromatic heterocycles. The van der Waals surface area contributed by atoms with Crippen LogP contribution in [0.4, 0.5) is 0 Å². The lowest BCUT2D eigenvalue weighted by atomic mass is 9.48. The summed E-state index contributed by atoms with van der Waals surface area (Å²) in [5.74, 6) is 0.288. The lowest BCUT2D eigenvalue weighted by Gasteiger charge is -2.62. The van der Waals surface area contributed by atoms with Gasteiger partial charge in [-0.3, -0.25) is 4.79 Å². The SMILES string of the molecule is COCc1cc(C(=O)NC2C(C)(C)C(N)C2(C)C)no1. The number of nitrogens with one attached hydrogen (secondary N) is 1. The highest BCUT2D eigenvalue weighted by atomic mass is 16.5. The molecule has 0 unspecified atom stereocenters. The standard InChI is InChI=1S/C14H23N3O3/c1-13(2)11(15)14(3,4)12(13)16-10(18)9-6-8(7-19-5)20-17-9/h6,11-12H,7,15H2,1-5H3,(H,16,18). The third-order valence-electron chi connectivity index (χ3n) is 4.44. The van der Waals surface area contributed by atoms with Crippen LogP contribution in [0.25, 0.3) is 0 Å². The van der Waals surface area contributed by atoms with E-state index in [9.17, 15) is 4.79 Å². The van der Waals surface area contributed by atoms with E-state index in [1.165, 1.54) is 0 Å². The molecule has 2 rings (SSSR count). The van der Waals surface area contributed by atoms with Gasteiger partial charge in [-0.05, 0) is 0 Å². The molecule has 0 saturated heterocycles. The highest BCUT2D eigenvalue weighted by molar-refractivity contribution is 5.92. The van der Waals surface area contributed by atoms with Gasteiger partial charge in [0.2, 0.25) is 0 Å². The normalized spacial score (nSPS) is 26.9. The van der Waals surface area contributed by atoms with Gasteiger partial charge in [0.25, 0.3) is 5.91 Å². The molecule has 0 aliphatic heterocycles. The van der Waals surface area contributed by atoms with Crippen LogP contribution in [0.5, 0.6) is 0 Å². The molecule has 6 nitrogen and oxygen atoms in total. The van der Waals surface area contributed by atoms with Gasteiger partial charge in [0.1, 0.15) is 6.61 Å². The molecule has 1 fully saturated rings. The minimum atomic E-state index is -0.242. The first kappa shape index (κ1) is 15.0. The Morgan fingerprint density at radius 3 is 2.60 bits per heavy atom. The van der Waals surface area contributed by atoms with Crippen LogP contribution in [0.15, 0.2) is 10.6 Å². The van der Waals surface area contributed by atoms with E-state index >= 15 is 0 Å². The summed E-state index contributed by atoms with van der Waals surface area (Å²) in [7, 11) is 1.56. The molecule has 20 heavy (non-hydrogen) atoms. The number of hydrogen-bond donors (Lipinski definition) is 2. The van der Waals surface area contributed by atoms with E-state index in [0.29, 0.717) is 12.4 Å². The van der Waals surface area contributed by atoms with Crippen molar-refractivity contribution in [2.24, 2.45) is 16.6 Å². The predicted octanol–water partition coefficient (Wildman–Crippen LogP) is 1.31. The van der Waals surface area contributed by atoms with E-state index in [0.717, 1.165) is 0 Å². The topological polar surface area (TPSA) is 90.4 Å². The average molecular weight is 281 g/mol. The summed E-state index contributed by atoms with van der Waals surface area (Å²) in [6.45, 7) is 8.55. The zero-order valence-electron chi connectivity index (χ0n) is 12.7. The Hall–Kier alpha value is -1.40. The van der Waals surface area contributed by atoms with Crippen LogP contribution >= 0.6 is 0 Å². The Balaban J connectivity index is 2.08. The minimum Gasteiger partial charge on any atom is -0.377 e. The number of carbonyl (C=O) groups is 1. The summed E-state index contributed by atoms with van der Waals surface area (Å²) in [6, 6.07) is 1.64. The van der Waals surface area contributed by atoms with Crippen LogP contribution in [0.1, 0.15) is 43.9 Å². The maximum atomic E-state index is 12.2. The van der Waals surface area contributed by atoms with Crippen LogP contribution < -0.4 is 11.1 Å². The third kappa shape index (κ3) is 2.23. The maximum Gasteiger partial charge on any atom is 0.273 e. The summed E-state index contributed by atoms with van der Waals surface area (Å²) < 4.78 is 9.96. The molecule has 3 N–H and O–H groups in total. The summed E-state index contributed by atoms with van der Waals surface area (Å²) in [4.78, 5) is 12.2. The molecular formula is C14H23N3O3. The van der Waals surface area contributed by atoms with Gasteiger partial charge in [0.05, 0.1) is 0 Å². The van der Waals surface area contributed by atoms with Crippen LogP contribution in [-0.2, 0) is 11.3 Å². The van der Waals surface area contributed by atoms with Crippen molar-refractivity contribution in [3.63, 3.8) is 0 Å². The number of nitrogens with zero attached hydrogens (tertiary/aromatic N) is 1. The van der Waals surface area contributed by atoms with E-state index in [1.54, 1.807) is 13.2 Å². The highest BCUT2D eigenvalue weighted by Gasteiger charge is 2.60. The Morgan fingerprint density at radius 2 is 2.05 bits per heavy atom. The fraction of sp³-hybridized carbons (Fsp3) is 0.714. The van der Waals surface area contributed by atoms with Crippen molar-refractivity contribution in [1.29, 1.82) is 0 Å². The number of ether oxygens (including phenoxy) is 1. The monoisotopic (exact) mass is 281 g/mol. The number of carbonyl (C=O) groups excluding carboxylic acids is 1. The Bertz CT molecular complexity index is 492. The number of amides is 1. The second kappa shape index (κ2) is 4.86. The van der Waals surface area contributed by atoms with Crippen molar-refractivity contribution >= 4 is 5.91 Å². The average Bonchev–Trinajstić information content (AvgIpc) is 2.83. The maximum absolute atomic E-state index is 12.2. The number of methoxy groups -OCH3 is 1. The largest absolute Gasteiger partial charge is 0.377 e. The van der Waals surface area contributed by atoms with Crippen molar-refractivity contribution in [2.45, 2.75) is 46.4 Å². The molecule has 0 bridgehead atoms. The van der Waals surface area contributed by atoms with E-state index in [2.05, 4.69) is 38.2 Å². The van der Waals surface area contributed by atoms with Crippen LogP contribution in [0.3, 0.4) is 0 Å². The van der Waals surface area contributed by atoms with E-state index < -0.39 is 0 Å². The summed E-state index contributed by atoms with van der Waals surface area (Å²) in [5.41, 5.74) is 6.17. The van der Waals surface area contributed by atoms with Crippen LogP contribution in [0.2, 0.25) is 0 Å². The summed E-state index contributed by atoms with van der Waals surface area (Å²) in [6.07, 6.45) is 0. The zero-order chi connectivity index (χ0) is 15.1. The molecule has 0 aromatic carbocycles. The third-order valence-corrected chi connectivity index (χ3v) is 4.44. The predicted molar refractivity (Wildman–Crippen MR) is 74.0 cm³/mol. The molecule has 1 aliphatic rings. The fourth-order valence-electron chi connectivity index (χ4n) is 3.39. The van der Waals surface area contributed by atoms with Gasteiger partial charge in [0, 0.05) is 36.1 Å². The summed E-state index contributed by atoms with van der Waals surface area (Å²) in [5, 5.41) is 6.78. The molecule has 1 heterocycles. The van der Waals surface area contributed by atoms with Crippen LogP contribution in [-0.4, -0.2) is 30.3 Å². The lowest BCUT2D eigenvalue weighted by Crippen LogP contribution is -2.76.